The molecule has 0 aliphatic rings. The van der Waals surface area contributed by atoms with Crippen molar-refractivity contribution in [1.29, 1.82) is 0 Å². The molecular formula is C19H22N2O4S2. The Morgan fingerprint density at radius 2 is 1.89 bits per heavy atom. The van der Waals surface area contributed by atoms with E-state index in [2.05, 4.69) is 10.3 Å². The van der Waals surface area contributed by atoms with Crippen molar-refractivity contribution in [3.63, 3.8) is 0 Å². The van der Waals surface area contributed by atoms with Gasteiger partial charge in [-0.05, 0) is 23.8 Å². The van der Waals surface area contributed by atoms with Gasteiger partial charge in [-0.15, -0.1) is 0 Å². The minimum atomic E-state index is -0.0168. The molecule has 1 N–H and O–H groups in total. The number of aromatic nitrogens is 1. The summed E-state index contributed by atoms with van der Waals surface area (Å²) < 4.78 is 16.5. The number of hydrogen-bond acceptors (Lipinski definition) is 7. The number of ether oxygens (including phenoxy) is 3. The second-order valence-electron chi connectivity index (χ2n) is 5.44. The summed E-state index contributed by atoms with van der Waals surface area (Å²) in [4.78, 5) is 16.6. The largest absolute Gasteiger partial charge is 0.493 e. The minimum Gasteiger partial charge on any atom is -0.493 e. The van der Waals surface area contributed by atoms with Crippen molar-refractivity contribution in [1.82, 2.24) is 10.3 Å². The smallest absolute Gasteiger partial charge is 0.203 e. The zero-order chi connectivity index (χ0) is 19.6. The van der Waals surface area contributed by atoms with Gasteiger partial charge in [0.15, 0.2) is 17.3 Å². The Balaban J connectivity index is 1.87. The molecule has 27 heavy (non-hydrogen) atoms. The van der Waals surface area contributed by atoms with Gasteiger partial charge in [0, 0.05) is 36.7 Å². The van der Waals surface area contributed by atoms with Crippen molar-refractivity contribution in [2.45, 2.75) is 13.0 Å². The van der Waals surface area contributed by atoms with Gasteiger partial charge in [-0.3, -0.25) is 9.78 Å². The Morgan fingerprint density at radius 1 is 1.19 bits per heavy atom. The first-order chi connectivity index (χ1) is 13.1. The maximum atomic E-state index is 12.5. The molecule has 2 rings (SSSR count). The summed E-state index contributed by atoms with van der Waals surface area (Å²) in [5, 5.41) is 3.15. The van der Waals surface area contributed by atoms with Crippen LogP contribution in [0.15, 0.2) is 36.7 Å². The fourth-order valence-corrected chi connectivity index (χ4v) is 3.32. The predicted molar refractivity (Wildman–Crippen MR) is 111 cm³/mol. The third-order valence-corrected chi connectivity index (χ3v) is 5.02. The molecule has 1 heterocycles. The van der Waals surface area contributed by atoms with Gasteiger partial charge in [-0.1, -0.05) is 30.0 Å². The maximum absolute atomic E-state index is 12.5. The van der Waals surface area contributed by atoms with Crippen LogP contribution in [0.1, 0.15) is 22.3 Å². The van der Waals surface area contributed by atoms with Crippen LogP contribution in [-0.4, -0.2) is 42.2 Å². The molecule has 1 aromatic carbocycles. The van der Waals surface area contributed by atoms with Gasteiger partial charge in [0.1, 0.15) is 4.32 Å². The second kappa shape index (κ2) is 10.7. The summed E-state index contributed by atoms with van der Waals surface area (Å²) in [6.45, 7) is 0.612. The topological polar surface area (TPSA) is 69.7 Å². The zero-order valence-corrected chi connectivity index (χ0v) is 17.1. The average molecular weight is 407 g/mol. The van der Waals surface area contributed by atoms with Gasteiger partial charge in [0.2, 0.25) is 5.75 Å². The number of benzene rings is 1. The Morgan fingerprint density at radius 3 is 2.44 bits per heavy atom. The highest BCUT2D eigenvalue weighted by atomic mass is 32.2. The third-order valence-electron chi connectivity index (χ3n) is 3.71. The van der Waals surface area contributed by atoms with Crippen LogP contribution in [0.2, 0.25) is 0 Å². The van der Waals surface area contributed by atoms with E-state index in [0.29, 0.717) is 45.9 Å². The Kier molecular flexibility index (Phi) is 8.35. The highest BCUT2D eigenvalue weighted by Crippen LogP contribution is 2.38. The van der Waals surface area contributed by atoms with Gasteiger partial charge < -0.3 is 19.5 Å². The molecule has 0 fully saturated rings. The summed E-state index contributed by atoms with van der Waals surface area (Å²) in [6.07, 6.45) is 3.86. The van der Waals surface area contributed by atoms with E-state index in [9.17, 15) is 4.79 Å². The normalized spacial score (nSPS) is 10.2. The van der Waals surface area contributed by atoms with Gasteiger partial charge in [-0.2, -0.15) is 0 Å². The standard InChI is InChI=1S/C19H22N2O4S2/c1-23-16-9-14(10-17(24-2)18(16)25-3)15(22)6-8-27-19(26)21-12-13-5-4-7-20-11-13/h4-5,7,9-11H,6,8,12H2,1-3H3,(H,21,26). The quantitative estimate of drug-likeness (QED) is 0.501. The van der Waals surface area contributed by atoms with Gasteiger partial charge in [0.05, 0.1) is 21.3 Å². The van der Waals surface area contributed by atoms with E-state index in [1.54, 1.807) is 24.5 Å². The first-order valence-electron chi connectivity index (χ1n) is 8.21. The molecule has 0 aliphatic carbocycles. The number of nitrogens with zero attached hydrogens (tertiary/aromatic N) is 1. The van der Waals surface area contributed by atoms with Crippen LogP contribution in [0.25, 0.3) is 0 Å². The number of ketones is 1. The zero-order valence-electron chi connectivity index (χ0n) is 15.5. The third kappa shape index (κ3) is 6.11. The van der Waals surface area contributed by atoms with Gasteiger partial charge in [0.25, 0.3) is 0 Å². The molecule has 8 heteroatoms. The number of Topliss-reactive ketones (excluding diaryl/α,β-unsaturated/α-hetero) is 1. The number of thioether (sulfide) groups is 1. The Labute approximate surface area is 168 Å². The predicted octanol–water partition coefficient (Wildman–Crippen LogP) is 3.49. The van der Waals surface area contributed by atoms with E-state index in [-0.39, 0.29) is 5.78 Å². The fourth-order valence-electron chi connectivity index (χ4n) is 2.35. The summed E-state index contributed by atoms with van der Waals surface area (Å²) in [7, 11) is 4.57. The molecular weight excluding hydrogens is 384 g/mol. The van der Waals surface area contributed by atoms with Gasteiger partial charge >= 0.3 is 0 Å². The van der Waals surface area contributed by atoms with E-state index < -0.39 is 0 Å². The maximum Gasteiger partial charge on any atom is 0.203 e. The van der Waals surface area contributed by atoms with Crippen molar-refractivity contribution in [3.8, 4) is 17.2 Å². The monoisotopic (exact) mass is 406 g/mol. The average Bonchev–Trinajstić information content (AvgIpc) is 2.71. The minimum absolute atomic E-state index is 0.0168. The summed E-state index contributed by atoms with van der Waals surface area (Å²) >= 11 is 6.74. The first-order valence-corrected chi connectivity index (χ1v) is 9.61. The van der Waals surface area contributed by atoms with E-state index in [1.807, 2.05) is 12.1 Å². The molecule has 0 atom stereocenters. The first kappa shape index (κ1) is 21.0. The molecule has 0 radical (unpaired) electrons. The van der Waals surface area contributed by atoms with Crippen LogP contribution >= 0.6 is 24.0 Å². The van der Waals surface area contributed by atoms with Crippen LogP contribution in [-0.2, 0) is 6.54 Å². The number of carbonyl (C=O) groups is 1. The molecule has 0 saturated heterocycles. The number of pyridine rings is 1. The molecule has 144 valence electrons. The van der Waals surface area contributed by atoms with Crippen molar-refractivity contribution < 1.29 is 19.0 Å². The summed E-state index contributed by atoms with van der Waals surface area (Å²) in [6, 6.07) is 7.17. The number of carbonyl (C=O) groups excluding carboxylic acids is 1. The molecule has 2 aromatic rings. The number of methoxy groups -OCH3 is 3. The van der Waals surface area contributed by atoms with E-state index in [1.165, 1.54) is 33.1 Å². The molecule has 1 aromatic heterocycles. The summed E-state index contributed by atoms with van der Waals surface area (Å²) in [5.41, 5.74) is 1.56. The number of rotatable bonds is 9. The molecule has 0 aliphatic heterocycles. The molecule has 0 unspecified atom stereocenters. The number of thiocarbonyl (C=S) groups is 1. The van der Waals surface area contributed by atoms with Crippen molar-refractivity contribution >= 4 is 34.1 Å². The molecule has 0 saturated carbocycles. The fraction of sp³-hybridized carbons (Fsp3) is 0.316. The number of hydrogen-bond donors (Lipinski definition) is 1. The Bertz CT molecular complexity index is 760. The molecule has 0 spiro atoms. The molecule has 6 nitrogen and oxygen atoms in total. The molecule has 0 bridgehead atoms. The highest BCUT2D eigenvalue weighted by molar-refractivity contribution is 8.22. The van der Waals surface area contributed by atoms with Crippen LogP contribution in [0.5, 0.6) is 17.2 Å². The van der Waals surface area contributed by atoms with Gasteiger partial charge in [-0.25, -0.2) is 0 Å². The Hall–Kier alpha value is -2.32. The van der Waals surface area contributed by atoms with Crippen LogP contribution in [0, 0.1) is 0 Å². The van der Waals surface area contributed by atoms with E-state index in [4.69, 9.17) is 26.4 Å². The summed E-state index contributed by atoms with van der Waals surface area (Å²) in [5.74, 6) is 1.94. The second-order valence-corrected chi connectivity index (χ2v) is 7.21. The van der Waals surface area contributed by atoms with E-state index in [0.717, 1.165) is 5.56 Å². The van der Waals surface area contributed by atoms with E-state index >= 15 is 0 Å². The van der Waals surface area contributed by atoms with Crippen molar-refractivity contribution in [2.75, 3.05) is 27.1 Å². The lowest BCUT2D eigenvalue weighted by molar-refractivity contribution is 0.0989. The lowest BCUT2D eigenvalue weighted by Crippen LogP contribution is -2.18. The number of nitrogens with one attached hydrogen (secondary N) is 1. The molecule has 0 amide bonds. The SMILES string of the molecule is COc1cc(C(=O)CCSC(=S)NCc2cccnc2)cc(OC)c1OC. The van der Waals surface area contributed by atoms with Crippen LogP contribution in [0.3, 0.4) is 0 Å². The lowest BCUT2D eigenvalue weighted by atomic mass is 10.1. The van der Waals surface area contributed by atoms with Crippen LogP contribution in [0.4, 0.5) is 0 Å². The van der Waals surface area contributed by atoms with Crippen molar-refractivity contribution in [2.24, 2.45) is 0 Å². The van der Waals surface area contributed by atoms with Crippen molar-refractivity contribution in [3.05, 3.63) is 47.8 Å². The highest BCUT2D eigenvalue weighted by Gasteiger charge is 2.17. The van der Waals surface area contributed by atoms with Crippen LogP contribution < -0.4 is 19.5 Å². The lowest BCUT2D eigenvalue weighted by Gasteiger charge is -2.13.